The predicted molar refractivity (Wildman–Crippen MR) is 120 cm³/mol. The van der Waals surface area contributed by atoms with Gasteiger partial charge in [-0.3, -0.25) is 9.69 Å². The monoisotopic (exact) mass is 440 g/mol. The lowest BCUT2D eigenvalue weighted by atomic mass is 9.96. The van der Waals surface area contributed by atoms with Gasteiger partial charge in [0.15, 0.2) is 0 Å². The number of piperidine rings is 1. The van der Waals surface area contributed by atoms with E-state index in [4.69, 9.17) is 8.94 Å². The van der Waals surface area contributed by atoms with Gasteiger partial charge in [-0.05, 0) is 45.0 Å². The van der Waals surface area contributed by atoms with E-state index in [1.807, 2.05) is 36.4 Å². The highest BCUT2D eigenvalue weighted by atomic mass is 32.2. The zero-order valence-electron chi connectivity index (χ0n) is 17.8. The number of carbonyl (C=O) groups is 1. The van der Waals surface area contributed by atoms with Crippen LogP contribution in [0.2, 0.25) is 0 Å². The van der Waals surface area contributed by atoms with Gasteiger partial charge in [0.05, 0.1) is 18.6 Å². The Balaban J connectivity index is 1.15. The van der Waals surface area contributed by atoms with Gasteiger partial charge in [0, 0.05) is 23.8 Å². The normalized spacial score (nSPS) is 15.3. The number of thioether (sulfide) groups is 1. The van der Waals surface area contributed by atoms with Crippen LogP contribution in [0.5, 0.6) is 0 Å². The fourth-order valence-corrected chi connectivity index (χ4v) is 4.40. The highest BCUT2D eigenvalue weighted by Gasteiger charge is 2.25. The Morgan fingerprint density at radius 1 is 1.23 bits per heavy atom. The lowest BCUT2D eigenvalue weighted by Gasteiger charge is -2.30. The predicted octanol–water partition coefficient (Wildman–Crippen LogP) is 3.90. The zero-order chi connectivity index (χ0) is 21.5. The topological polar surface area (TPSA) is 84.4 Å². The molecule has 1 fully saturated rings. The van der Waals surface area contributed by atoms with E-state index in [0.717, 1.165) is 48.8 Å². The third-order valence-corrected chi connectivity index (χ3v) is 6.45. The lowest BCUT2D eigenvalue weighted by Crippen LogP contribution is -2.40. The summed E-state index contributed by atoms with van der Waals surface area (Å²) < 4.78 is 10.7. The highest BCUT2D eigenvalue weighted by Crippen LogP contribution is 2.21. The Morgan fingerprint density at radius 2 is 2.03 bits per heavy atom. The van der Waals surface area contributed by atoms with Crippen LogP contribution in [0.3, 0.4) is 0 Å². The average Bonchev–Trinajstić information content (AvgIpc) is 3.47. The number of nitrogens with zero attached hydrogens (tertiary/aromatic N) is 3. The van der Waals surface area contributed by atoms with E-state index in [0.29, 0.717) is 24.8 Å². The molecule has 1 saturated heterocycles. The number of nitrogens with one attached hydrogen (secondary N) is 1. The van der Waals surface area contributed by atoms with Crippen LogP contribution in [0.25, 0.3) is 11.4 Å². The van der Waals surface area contributed by atoms with Crippen LogP contribution < -0.4 is 5.32 Å². The maximum atomic E-state index is 12.4. The van der Waals surface area contributed by atoms with Gasteiger partial charge in [-0.2, -0.15) is 16.7 Å². The maximum Gasteiger partial charge on any atom is 0.241 e. The van der Waals surface area contributed by atoms with Crippen LogP contribution in [0.4, 0.5) is 0 Å². The minimum atomic E-state index is 0.0807. The minimum absolute atomic E-state index is 0.0807. The van der Waals surface area contributed by atoms with Gasteiger partial charge in [-0.15, -0.1) is 0 Å². The van der Waals surface area contributed by atoms with Crippen molar-refractivity contribution in [2.24, 2.45) is 5.92 Å². The molecular formula is C23H28N4O3S. The molecule has 164 valence electrons. The molecule has 0 unspecified atom stereocenters. The summed E-state index contributed by atoms with van der Waals surface area (Å²) in [6.45, 7) is 5.07. The largest absolute Gasteiger partial charge is 0.468 e. The molecule has 7 nitrogen and oxygen atoms in total. The fourth-order valence-electron chi connectivity index (χ4n) is 3.64. The summed E-state index contributed by atoms with van der Waals surface area (Å²) in [7, 11) is 0. The van der Waals surface area contributed by atoms with Crippen molar-refractivity contribution >= 4 is 17.7 Å². The number of aryl methyl sites for hydroxylation is 1. The number of carbonyl (C=O) groups excluding carboxylic acids is 1. The molecule has 0 spiro atoms. The number of hydrogen-bond donors (Lipinski definition) is 1. The smallest absolute Gasteiger partial charge is 0.241 e. The Bertz CT molecular complexity index is 948. The summed E-state index contributed by atoms with van der Waals surface area (Å²) in [6.07, 6.45) is 3.39. The summed E-state index contributed by atoms with van der Waals surface area (Å²) in [4.78, 5) is 19.2. The number of benzene rings is 1. The van der Waals surface area contributed by atoms with Crippen LogP contribution in [-0.4, -0.2) is 46.3 Å². The quantitative estimate of drug-likeness (QED) is 0.505. The molecule has 1 aromatic carbocycles. The second-order valence-electron chi connectivity index (χ2n) is 7.85. The molecule has 1 aliphatic heterocycles. The second-order valence-corrected chi connectivity index (χ2v) is 8.96. The van der Waals surface area contributed by atoms with Crippen molar-refractivity contribution in [3.63, 3.8) is 0 Å². The van der Waals surface area contributed by atoms with E-state index in [1.54, 1.807) is 18.0 Å². The molecule has 0 aliphatic carbocycles. The van der Waals surface area contributed by atoms with Crippen LogP contribution >= 0.6 is 11.8 Å². The lowest BCUT2D eigenvalue weighted by molar-refractivity contribution is -0.126. The van der Waals surface area contributed by atoms with Crippen molar-refractivity contribution in [3.8, 4) is 11.4 Å². The molecule has 0 atom stereocenters. The van der Waals surface area contributed by atoms with Crippen LogP contribution in [0.15, 0.2) is 51.6 Å². The first kappa shape index (κ1) is 21.6. The molecule has 0 bridgehead atoms. The van der Waals surface area contributed by atoms with E-state index >= 15 is 0 Å². The van der Waals surface area contributed by atoms with Gasteiger partial charge in [0.2, 0.25) is 17.6 Å². The highest BCUT2D eigenvalue weighted by molar-refractivity contribution is 7.98. The molecule has 0 saturated carbocycles. The number of hydrogen-bond acceptors (Lipinski definition) is 7. The Hall–Kier alpha value is -2.58. The molecule has 3 heterocycles. The van der Waals surface area contributed by atoms with Gasteiger partial charge in [0.25, 0.3) is 0 Å². The van der Waals surface area contributed by atoms with Crippen molar-refractivity contribution < 1.29 is 13.7 Å². The van der Waals surface area contributed by atoms with Crippen LogP contribution in [-0.2, 0) is 17.1 Å². The molecular weight excluding hydrogens is 412 g/mol. The third-order valence-electron chi connectivity index (χ3n) is 5.47. The Kier molecular flexibility index (Phi) is 7.43. The molecule has 2 aromatic heterocycles. The minimum Gasteiger partial charge on any atom is -0.468 e. The molecule has 1 N–H and O–H groups in total. The Morgan fingerprint density at radius 3 is 2.77 bits per heavy atom. The molecule has 0 radical (unpaired) electrons. The molecule has 1 amide bonds. The number of aromatic nitrogens is 2. The van der Waals surface area contributed by atoms with Crippen molar-refractivity contribution in [2.45, 2.75) is 32.1 Å². The van der Waals surface area contributed by atoms with Crippen LogP contribution in [0, 0.1) is 12.8 Å². The SMILES string of the molecule is Cc1ccc(-c2noc(CN3CCC(C(=O)NCCSCc4ccco4)CC3)n2)cc1. The van der Waals surface area contributed by atoms with Gasteiger partial charge in [0.1, 0.15) is 5.76 Å². The summed E-state index contributed by atoms with van der Waals surface area (Å²) in [5.41, 5.74) is 2.16. The summed E-state index contributed by atoms with van der Waals surface area (Å²) >= 11 is 1.76. The van der Waals surface area contributed by atoms with E-state index < -0.39 is 0 Å². The number of amides is 1. The zero-order valence-corrected chi connectivity index (χ0v) is 18.6. The van der Waals surface area contributed by atoms with E-state index in [2.05, 4.69) is 27.3 Å². The average molecular weight is 441 g/mol. The molecule has 3 aromatic rings. The summed E-state index contributed by atoms with van der Waals surface area (Å²) in [5, 5.41) is 7.18. The van der Waals surface area contributed by atoms with E-state index in [9.17, 15) is 4.79 Å². The summed E-state index contributed by atoms with van der Waals surface area (Å²) in [5.74, 6) is 4.17. The fraction of sp³-hybridized carbons (Fsp3) is 0.435. The standard InChI is InChI=1S/C23H28N4O3S/c1-17-4-6-18(7-5-17)22-25-21(30-26-22)15-27-11-8-19(9-12-27)23(28)24-10-14-31-16-20-3-2-13-29-20/h2-7,13,19H,8-12,14-16H2,1H3,(H,24,28). The Labute approximate surface area is 186 Å². The first-order valence-electron chi connectivity index (χ1n) is 10.7. The first-order valence-corrected chi connectivity index (χ1v) is 11.8. The molecule has 8 heteroatoms. The molecule has 31 heavy (non-hydrogen) atoms. The number of furan rings is 1. The van der Waals surface area contributed by atoms with Crippen molar-refractivity contribution in [1.29, 1.82) is 0 Å². The molecule has 4 rings (SSSR count). The van der Waals surface area contributed by atoms with Crippen molar-refractivity contribution in [2.75, 3.05) is 25.4 Å². The second kappa shape index (κ2) is 10.6. The van der Waals surface area contributed by atoms with Crippen LogP contribution in [0.1, 0.15) is 30.1 Å². The van der Waals surface area contributed by atoms with Gasteiger partial charge >= 0.3 is 0 Å². The van der Waals surface area contributed by atoms with Gasteiger partial charge in [-0.1, -0.05) is 35.0 Å². The first-order chi connectivity index (χ1) is 15.2. The third kappa shape index (κ3) is 6.21. The molecule has 1 aliphatic rings. The number of rotatable bonds is 9. The summed E-state index contributed by atoms with van der Waals surface area (Å²) in [6, 6.07) is 12.0. The number of likely N-dealkylation sites (tertiary alicyclic amines) is 1. The maximum absolute atomic E-state index is 12.4. The van der Waals surface area contributed by atoms with Gasteiger partial charge < -0.3 is 14.3 Å². The van der Waals surface area contributed by atoms with Crippen molar-refractivity contribution in [1.82, 2.24) is 20.4 Å². The van der Waals surface area contributed by atoms with Crippen molar-refractivity contribution in [3.05, 3.63) is 59.9 Å². The van der Waals surface area contributed by atoms with E-state index in [-0.39, 0.29) is 11.8 Å². The van der Waals surface area contributed by atoms with E-state index in [1.165, 1.54) is 5.56 Å². The van der Waals surface area contributed by atoms with Gasteiger partial charge in [-0.25, -0.2) is 0 Å².